The molecule has 0 unspecified atom stereocenters. The summed E-state index contributed by atoms with van der Waals surface area (Å²) >= 11 is 0. The number of nitrogens with two attached hydrogens (primary N) is 1. The lowest BCUT2D eigenvalue weighted by atomic mass is 9.92. The zero-order chi connectivity index (χ0) is 22.5. The molecular formula is C21H28N8O3. The SMILES string of the molecule is NC1CCC(Nc2cc(NC(CO)CO)c3ncc(C(=O)Nc4ccncc4)n3n2)CC1. The summed E-state index contributed by atoms with van der Waals surface area (Å²) in [6.07, 6.45) is 8.36. The number of aliphatic hydroxyl groups is 2. The molecule has 11 nitrogen and oxygen atoms in total. The Morgan fingerprint density at radius 1 is 1.19 bits per heavy atom. The van der Waals surface area contributed by atoms with Crippen LogP contribution in [0.5, 0.6) is 0 Å². The van der Waals surface area contributed by atoms with E-state index in [1.165, 1.54) is 10.7 Å². The largest absolute Gasteiger partial charge is 0.394 e. The monoisotopic (exact) mass is 440 g/mol. The Morgan fingerprint density at radius 3 is 2.59 bits per heavy atom. The summed E-state index contributed by atoms with van der Waals surface area (Å²) in [4.78, 5) is 21.2. The van der Waals surface area contributed by atoms with E-state index >= 15 is 0 Å². The van der Waals surface area contributed by atoms with E-state index in [0.717, 1.165) is 25.7 Å². The topological polar surface area (TPSA) is 163 Å². The molecule has 3 aromatic rings. The van der Waals surface area contributed by atoms with Gasteiger partial charge in [-0.25, -0.2) is 9.50 Å². The number of aliphatic hydroxyl groups excluding tert-OH is 2. The lowest BCUT2D eigenvalue weighted by molar-refractivity contribution is 0.102. The molecule has 0 saturated heterocycles. The van der Waals surface area contributed by atoms with Gasteiger partial charge in [0.05, 0.1) is 31.1 Å². The molecule has 1 saturated carbocycles. The van der Waals surface area contributed by atoms with Crippen molar-refractivity contribution in [2.75, 3.05) is 29.2 Å². The van der Waals surface area contributed by atoms with Crippen molar-refractivity contribution >= 4 is 28.7 Å². The van der Waals surface area contributed by atoms with Gasteiger partial charge in [-0.15, -0.1) is 5.10 Å². The quantitative estimate of drug-likeness (QED) is 0.298. The summed E-state index contributed by atoms with van der Waals surface area (Å²) in [5, 5.41) is 32.9. The molecule has 3 aromatic heterocycles. The van der Waals surface area contributed by atoms with Crippen LogP contribution in [0, 0.1) is 0 Å². The highest BCUT2D eigenvalue weighted by Crippen LogP contribution is 2.25. The molecule has 7 N–H and O–H groups in total. The summed E-state index contributed by atoms with van der Waals surface area (Å²) in [5.41, 5.74) is 7.83. The first kappa shape index (κ1) is 21.9. The van der Waals surface area contributed by atoms with Gasteiger partial charge in [-0.1, -0.05) is 0 Å². The Kier molecular flexibility index (Phi) is 6.78. The van der Waals surface area contributed by atoms with E-state index in [9.17, 15) is 15.0 Å². The molecule has 1 aliphatic rings. The highest BCUT2D eigenvalue weighted by atomic mass is 16.3. The average Bonchev–Trinajstić information content (AvgIpc) is 3.24. The molecule has 0 aliphatic heterocycles. The van der Waals surface area contributed by atoms with Crippen LogP contribution in [0.3, 0.4) is 0 Å². The fourth-order valence-corrected chi connectivity index (χ4v) is 3.77. The van der Waals surface area contributed by atoms with Crippen molar-refractivity contribution in [3.63, 3.8) is 0 Å². The van der Waals surface area contributed by atoms with Gasteiger partial charge in [-0.05, 0) is 37.8 Å². The van der Waals surface area contributed by atoms with Gasteiger partial charge in [0, 0.05) is 36.2 Å². The molecule has 0 spiro atoms. The molecule has 3 heterocycles. The highest BCUT2D eigenvalue weighted by molar-refractivity contribution is 6.03. The van der Waals surface area contributed by atoms with Crippen LogP contribution in [0.4, 0.5) is 17.2 Å². The second kappa shape index (κ2) is 9.90. The van der Waals surface area contributed by atoms with Gasteiger partial charge < -0.3 is 31.9 Å². The number of carbonyl (C=O) groups excluding carboxylic acids is 1. The van der Waals surface area contributed by atoms with Gasteiger partial charge in [-0.3, -0.25) is 9.78 Å². The minimum absolute atomic E-state index is 0.219. The number of carbonyl (C=O) groups is 1. The van der Waals surface area contributed by atoms with Crippen molar-refractivity contribution in [3.8, 4) is 0 Å². The maximum absolute atomic E-state index is 12.9. The van der Waals surface area contributed by atoms with Crippen LogP contribution in [0.2, 0.25) is 0 Å². The third kappa shape index (κ3) is 4.96. The number of imidazole rings is 1. The van der Waals surface area contributed by atoms with Gasteiger partial charge in [0.1, 0.15) is 5.82 Å². The molecule has 1 fully saturated rings. The summed E-state index contributed by atoms with van der Waals surface area (Å²) in [7, 11) is 0. The molecule has 4 rings (SSSR count). The highest BCUT2D eigenvalue weighted by Gasteiger charge is 2.22. The van der Waals surface area contributed by atoms with Crippen LogP contribution in [0.25, 0.3) is 5.65 Å². The van der Waals surface area contributed by atoms with Crippen LogP contribution in [-0.4, -0.2) is 67.0 Å². The molecule has 1 amide bonds. The number of fused-ring (bicyclic) bond motifs is 1. The van der Waals surface area contributed by atoms with E-state index in [0.29, 0.717) is 22.8 Å². The zero-order valence-corrected chi connectivity index (χ0v) is 17.6. The Bertz CT molecular complexity index is 1050. The molecular weight excluding hydrogens is 412 g/mol. The number of nitrogens with one attached hydrogen (secondary N) is 3. The standard InChI is InChI=1S/C21H28N8O3/c22-13-1-3-14(4-2-13)26-19-9-17(25-16(11-30)12-31)20-24-10-18(29(20)28-19)21(32)27-15-5-7-23-8-6-15/h5-10,13-14,16,25,30-31H,1-4,11-12,22H2,(H,26,28)(H,23,27,32). The van der Waals surface area contributed by atoms with E-state index in [1.807, 2.05) is 0 Å². The van der Waals surface area contributed by atoms with E-state index in [4.69, 9.17) is 5.73 Å². The Balaban J connectivity index is 1.66. The fraction of sp³-hybridized carbons (Fsp3) is 0.429. The number of anilines is 3. The molecule has 0 atom stereocenters. The van der Waals surface area contributed by atoms with Crippen LogP contribution in [-0.2, 0) is 0 Å². The van der Waals surface area contributed by atoms with Gasteiger partial charge in [-0.2, -0.15) is 0 Å². The van der Waals surface area contributed by atoms with Crippen LogP contribution in [0.1, 0.15) is 36.2 Å². The Labute approximate surface area is 185 Å². The van der Waals surface area contributed by atoms with Crippen molar-refractivity contribution in [1.82, 2.24) is 19.6 Å². The first-order chi connectivity index (χ1) is 15.6. The summed E-state index contributed by atoms with van der Waals surface area (Å²) in [6.45, 7) is -0.519. The van der Waals surface area contributed by atoms with E-state index in [1.54, 1.807) is 30.6 Å². The maximum Gasteiger partial charge on any atom is 0.276 e. The van der Waals surface area contributed by atoms with Crippen molar-refractivity contribution in [2.45, 2.75) is 43.8 Å². The van der Waals surface area contributed by atoms with E-state index in [-0.39, 0.29) is 36.9 Å². The maximum atomic E-state index is 12.9. The minimum atomic E-state index is -0.576. The van der Waals surface area contributed by atoms with Gasteiger partial charge in [0.15, 0.2) is 11.3 Å². The van der Waals surface area contributed by atoms with Crippen molar-refractivity contribution in [2.24, 2.45) is 5.73 Å². The van der Waals surface area contributed by atoms with Gasteiger partial charge >= 0.3 is 0 Å². The van der Waals surface area contributed by atoms with Crippen molar-refractivity contribution < 1.29 is 15.0 Å². The molecule has 0 aromatic carbocycles. The number of aromatic nitrogens is 4. The predicted octanol–water partition coefficient (Wildman–Crippen LogP) is 0.823. The number of pyridine rings is 1. The summed E-state index contributed by atoms with van der Waals surface area (Å²) in [5.74, 6) is 0.190. The molecule has 11 heteroatoms. The summed E-state index contributed by atoms with van der Waals surface area (Å²) < 4.78 is 1.46. The molecule has 170 valence electrons. The lowest BCUT2D eigenvalue weighted by Gasteiger charge is -2.27. The second-order valence-electron chi connectivity index (χ2n) is 7.97. The normalized spacial score (nSPS) is 18.6. The first-order valence-electron chi connectivity index (χ1n) is 10.7. The third-order valence-electron chi connectivity index (χ3n) is 5.56. The molecule has 0 bridgehead atoms. The number of hydrogen-bond donors (Lipinski definition) is 6. The molecule has 1 aliphatic carbocycles. The number of rotatable bonds is 8. The van der Waals surface area contributed by atoms with Crippen molar-refractivity contribution in [1.29, 1.82) is 0 Å². The minimum Gasteiger partial charge on any atom is -0.394 e. The van der Waals surface area contributed by atoms with Crippen molar-refractivity contribution in [3.05, 3.63) is 42.5 Å². The lowest BCUT2D eigenvalue weighted by Crippen LogP contribution is -2.33. The average molecular weight is 441 g/mol. The second-order valence-corrected chi connectivity index (χ2v) is 7.97. The van der Waals surface area contributed by atoms with Gasteiger partial charge in [0.2, 0.25) is 0 Å². The number of amides is 1. The van der Waals surface area contributed by atoms with E-state index in [2.05, 4.69) is 31.0 Å². The first-order valence-corrected chi connectivity index (χ1v) is 10.7. The van der Waals surface area contributed by atoms with Gasteiger partial charge in [0.25, 0.3) is 5.91 Å². The smallest absolute Gasteiger partial charge is 0.276 e. The Hall–Kier alpha value is -3.28. The van der Waals surface area contributed by atoms with Crippen LogP contribution in [0.15, 0.2) is 36.8 Å². The molecule has 32 heavy (non-hydrogen) atoms. The summed E-state index contributed by atoms with van der Waals surface area (Å²) in [6, 6.07) is 5.03. The zero-order valence-electron chi connectivity index (χ0n) is 17.6. The third-order valence-corrected chi connectivity index (χ3v) is 5.56. The fourth-order valence-electron chi connectivity index (χ4n) is 3.77. The molecule has 0 radical (unpaired) electrons. The number of hydrogen-bond acceptors (Lipinski definition) is 9. The Morgan fingerprint density at radius 2 is 1.91 bits per heavy atom. The van der Waals surface area contributed by atoms with Crippen LogP contribution >= 0.6 is 0 Å². The number of nitrogens with zero attached hydrogens (tertiary/aromatic N) is 4. The van der Waals surface area contributed by atoms with E-state index < -0.39 is 6.04 Å². The predicted molar refractivity (Wildman–Crippen MR) is 121 cm³/mol. The van der Waals surface area contributed by atoms with Crippen LogP contribution < -0.4 is 21.7 Å².